The highest BCUT2D eigenvalue weighted by Crippen LogP contribution is 2.49. The fraction of sp³-hybridized carbons (Fsp3) is 0.381. The van der Waals surface area contributed by atoms with Gasteiger partial charge >= 0.3 is 0 Å². The van der Waals surface area contributed by atoms with E-state index in [2.05, 4.69) is 19.7 Å². The summed E-state index contributed by atoms with van der Waals surface area (Å²) in [4.78, 5) is 21.8. The molecule has 2 aliphatic rings. The third kappa shape index (κ3) is 2.50. The van der Waals surface area contributed by atoms with Crippen LogP contribution in [0.4, 0.5) is 5.82 Å². The summed E-state index contributed by atoms with van der Waals surface area (Å²) in [5.41, 5.74) is 3.99. The van der Waals surface area contributed by atoms with E-state index < -0.39 is 0 Å². The predicted octanol–water partition coefficient (Wildman–Crippen LogP) is 4.08. The number of aromatic nitrogens is 3. The van der Waals surface area contributed by atoms with Crippen molar-refractivity contribution in [2.75, 3.05) is 5.32 Å². The SMILES string of the molecule is Cc1cnc(NC(=O)C2C3CCC2CC3)cc1-c1cn2cccc2cn1. The van der Waals surface area contributed by atoms with Crippen LogP contribution < -0.4 is 5.32 Å². The lowest BCUT2D eigenvalue weighted by Gasteiger charge is -2.16. The summed E-state index contributed by atoms with van der Waals surface area (Å²) < 4.78 is 2.05. The summed E-state index contributed by atoms with van der Waals surface area (Å²) in [6, 6.07) is 5.97. The van der Waals surface area contributed by atoms with Gasteiger partial charge in [-0.25, -0.2) is 4.98 Å². The zero-order valence-corrected chi connectivity index (χ0v) is 14.9. The smallest absolute Gasteiger partial charge is 0.229 e. The first-order chi connectivity index (χ1) is 12.7. The maximum Gasteiger partial charge on any atom is 0.229 e. The molecule has 5 rings (SSSR count). The van der Waals surface area contributed by atoms with Crippen molar-refractivity contribution in [3.63, 3.8) is 0 Å². The highest BCUT2D eigenvalue weighted by molar-refractivity contribution is 5.93. The Morgan fingerprint density at radius 2 is 1.92 bits per heavy atom. The van der Waals surface area contributed by atoms with Crippen LogP contribution in [-0.2, 0) is 4.79 Å². The summed E-state index contributed by atoms with van der Waals surface area (Å²) in [7, 11) is 0. The topological polar surface area (TPSA) is 59.3 Å². The summed E-state index contributed by atoms with van der Waals surface area (Å²) in [5, 5.41) is 3.07. The summed E-state index contributed by atoms with van der Waals surface area (Å²) in [6.45, 7) is 2.02. The van der Waals surface area contributed by atoms with E-state index in [4.69, 9.17) is 0 Å². The van der Waals surface area contributed by atoms with Gasteiger partial charge in [-0.3, -0.25) is 9.78 Å². The second kappa shape index (κ2) is 5.94. The molecule has 3 heterocycles. The highest BCUT2D eigenvalue weighted by atomic mass is 16.2. The van der Waals surface area contributed by atoms with Crippen LogP contribution in [-0.4, -0.2) is 20.3 Å². The minimum atomic E-state index is 0.145. The molecule has 5 nitrogen and oxygen atoms in total. The Bertz CT molecular complexity index is 973. The lowest BCUT2D eigenvalue weighted by Crippen LogP contribution is -2.26. The zero-order chi connectivity index (χ0) is 17.7. The van der Waals surface area contributed by atoms with E-state index in [1.165, 1.54) is 25.7 Å². The molecule has 1 N–H and O–H groups in total. The zero-order valence-electron chi connectivity index (χ0n) is 14.9. The van der Waals surface area contributed by atoms with Gasteiger partial charge in [0.25, 0.3) is 0 Å². The lowest BCUT2D eigenvalue weighted by atomic mass is 9.97. The van der Waals surface area contributed by atoms with Gasteiger partial charge in [0.2, 0.25) is 5.91 Å². The number of anilines is 1. The highest BCUT2D eigenvalue weighted by Gasteiger charge is 2.45. The number of nitrogens with zero attached hydrogens (tertiary/aromatic N) is 3. The Kier molecular flexibility index (Phi) is 3.55. The quantitative estimate of drug-likeness (QED) is 0.777. The van der Waals surface area contributed by atoms with Crippen molar-refractivity contribution in [3.8, 4) is 11.3 Å². The van der Waals surface area contributed by atoms with E-state index in [0.29, 0.717) is 17.7 Å². The maximum atomic E-state index is 12.8. The molecule has 2 saturated carbocycles. The van der Waals surface area contributed by atoms with Crippen LogP contribution in [0.3, 0.4) is 0 Å². The average molecular weight is 346 g/mol. The number of amides is 1. The van der Waals surface area contributed by atoms with Gasteiger partial charge in [0, 0.05) is 30.1 Å². The van der Waals surface area contributed by atoms with E-state index in [9.17, 15) is 4.79 Å². The van der Waals surface area contributed by atoms with Gasteiger partial charge in [-0.05, 0) is 68.2 Å². The van der Waals surface area contributed by atoms with E-state index in [0.717, 1.165) is 22.3 Å². The third-order valence-corrected chi connectivity index (χ3v) is 6.17. The van der Waals surface area contributed by atoms with Crippen LogP contribution in [0.1, 0.15) is 31.2 Å². The minimum absolute atomic E-state index is 0.145. The molecule has 2 fully saturated rings. The largest absolute Gasteiger partial charge is 0.320 e. The molecule has 0 atom stereocenters. The van der Waals surface area contributed by atoms with Gasteiger partial charge in [0.05, 0.1) is 17.4 Å². The summed E-state index contributed by atoms with van der Waals surface area (Å²) in [5.74, 6) is 2.09. The Morgan fingerprint density at radius 3 is 2.69 bits per heavy atom. The molecule has 0 aromatic carbocycles. The molecule has 0 aliphatic heterocycles. The molecule has 0 radical (unpaired) electrons. The Morgan fingerprint density at radius 1 is 1.15 bits per heavy atom. The Hall–Kier alpha value is -2.69. The second-order valence-corrected chi connectivity index (χ2v) is 7.69. The number of rotatable bonds is 3. The minimum Gasteiger partial charge on any atom is -0.320 e. The summed E-state index contributed by atoms with van der Waals surface area (Å²) >= 11 is 0. The van der Waals surface area contributed by atoms with Crippen molar-refractivity contribution in [1.82, 2.24) is 14.4 Å². The van der Waals surface area contributed by atoms with Crippen LogP contribution in [0.5, 0.6) is 0 Å². The van der Waals surface area contributed by atoms with Crippen molar-refractivity contribution in [1.29, 1.82) is 0 Å². The predicted molar refractivity (Wildman–Crippen MR) is 101 cm³/mol. The van der Waals surface area contributed by atoms with Crippen LogP contribution in [0.25, 0.3) is 16.8 Å². The van der Waals surface area contributed by atoms with Gasteiger partial charge in [0.1, 0.15) is 5.82 Å². The number of pyridine rings is 1. The van der Waals surface area contributed by atoms with E-state index in [-0.39, 0.29) is 11.8 Å². The fourth-order valence-corrected chi connectivity index (χ4v) is 4.83. The van der Waals surface area contributed by atoms with Crippen LogP contribution in [0, 0.1) is 24.7 Å². The third-order valence-electron chi connectivity index (χ3n) is 6.17. The number of carbonyl (C=O) groups is 1. The molecule has 0 unspecified atom stereocenters. The molecule has 1 amide bonds. The van der Waals surface area contributed by atoms with E-state index in [1.807, 2.05) is 49.9 Å². The number of hydrogen-bond donors (Lipinski definition) is 1. The second-order valence-electron chi connectivity index (χ2n) is 7.69. The average Bonchev–Trinajstić information content (AvgIpc) is 3.38. The standard InChI is InChI=1S/C21H22N4O/c1-13-10-23-19(24-21(26)20-14-4-5-15(20)7-6-14)9-17(13)18-12-25-8-2-3-16(25)11-22-18/h2-3,8-12,14-15,20H,4-7H2,1H3,(H,23,24,26). The normalized spacial score (nSPS) is 24.3. The number of nitrogens with one attached hydrogen (secondary N) is 1. The number of aryl methyl sites for hydroxylation is 1. The molecule has 2 bridgehead atoms. The van der Waals surface area contributed by atoms with Crippen LogP contribution in [0.2, 0.25) is 0 Å². The molecule has 26 heavy (non-hydrogen) atoms. The number of hydrogen-bond acceptors (Lipinski definition) is 3. The first-order valence-corrected chi connectivity index (χ1v) is 9.39. The maximum absolute atomic E-state index is 12.8. The molecule has 5 heteroatoms. The van der Waals surface area contributed by atoms with Crippen molar-refractivity contribution in [3.05, 3.63) is 48.5 Å². The molecular formula is C21H22N4O. The van der Waals surface area contributed by atoms with Gasteiger partial charge in [-0.1, -0.05) is 0 Å². The molecule has 2 aliphatic carbocycles. The Labute approximate surface area is 152 Å². The Balaban J connectivity index is 1.44. The molecule has 132 valence electrons. The van der Waals surface area contributed by atoms with Crippen molar-refractivity contribution >= 4 is 17.2 Å². The lowest BCUT2D eigenvalue weighted by molar-refractivity contribution is -0.121. The van der Waals surface area contributed by atoms with Gasteiger partial charge < -0.3 is 9.72 Å². The van der Waals surface area contributed by atoms with Crippen molar-refractivity contribution in [2.24, 2.45) is 17.8 Å². The van der Waals surface area contributed by atoms with Gasteiger partial charge in [-0.2, -0.15) is 0 Å². The van der Waals surface area contributed by atoms with Crippen LogP contribution >= 0.6 is 0 Å². The molecule has 0 saturated heterocycles. The summed E-state index contributed by atoms with van der Waals surface area (Å²) in [6.07, 6.45) is 12.5. The fourth-order valence-electron chi connectivity index (χ4n) is 4.83. The van der Waals surface area contributed by atoms with E-state index in [1.54, 1.807) is 0 Å². The molecule has 3 aromatic heterocycles. The molecular weight excluding hydrogens is 324 g/mol. The van der Waals surface area contributed by atoms with Crippen LogP contribution in [0.15, 0.2) is 43.0 Å². The molecule has 0 spiro atoms. The first kappa shape index (κ1) is 15.6. The molecule has 3 aromatic rings. The van der Waals surface area contributed by atoms with Crippen molar-refractivity contribution in [2.45, 2.75) is 32.6 Å². The number of fused-ring (bicyclic) bond motifs is 3. The van der Waals surface area contributed by atoms with Gasteiger partial charge in [-0.15, -0.1) is 0 Å². The van der Waals surface area contributed by atoms with Crippen molar-refractivity contribution < 1.29 is 4.79 Å². The first-order valence-electron chi connectivity index (χ1n) is 9.39. The van der Waals surface area contributed by atoms with Gasteiger partial charge in [0.15, 0.2) is 0 Å². The number of carbonyl (C=O) groups excluding carboxylic acids is 1. The van der Waals surface area contributed by atoms with E-state index >= 15 is 0 Å². The monoisotopic (exact) mass is 346 g/mol.